The summed E-state index contributed by atoms with van der Waals surface area (Å²) >= 11 is 0. The van der Waals surface area contributed by atoms with E-state index in [9.17, 15) is 20.4 Å². The zero-order valence-electron chi connectivity index (χ0n) is 25.4. The molecule has 1 rings (SSSR count). The van der Waals surface area contributed by atoms with Crippen molar-refractivity contribution in [3.05, 3.63) is 0 Å². The Labute approximate surface area is 238 Å². The summed E-state index contributed by atoms with van der Waals surface area (Å²) in [5.41, 5.74) is 0. The van der Waals surface area contributed by atoms with E-state index in [0.717, 1.165) is 32.1 Å². The number of rotatable bonds is 26. The van der Waals surface area contributed by atoms with Gasteiger partial charge in [-0.15, -0.1) is 0 Å². The van der Waals surface area contributed by atoms with E-state index >= 15 is 0 Å². The molecule has 5 atom stereocenters. The van der Waals surface area contributed by atoms with Crippen LogP contribution in [0.3, 0.4) is 0 Å². The fourth-order valence-electron chi connectivity index (χ4n) is 5.29. The zero-order chi connectivity index (χ0) is 28.8. The van der Waals surface area contributed by atoms with Crippen LogP contribution in [0.4, 0.5) is 0 Å². The maximum absolute atomic E-state index is 11.1. The van der Waals surface area contributed by atoms with Crippen LogP contribution in [0.15, 0.2) is 0 Å². The van der Waals surface area contributed by atoms with Crippen LogP contribution in [0.2, 0.25) is 0 Å². The van der Waals surface area contributed by atoms with Gasteiger partial charge in [0.2, 0.25) is 5.79 Å². The van der Waals surface area contributed by atoms with Gasteiger partial charge in [-0.05, 0) is 12.8 Å². The SMILES string of the molecule is CCCCCCCCCCCCO[C@]1(OC)OC(CO)[C@](O)(OCCCCCCCCCCCC)[C@H](O)[C@@H]1O. The normalized spacial score (nSPS) is 27.3. The van der Waals surface area contributed by atoms with Gasteiger partial charge in [0.25, 0.3) is 0 Å². The first kappa shape index (κ1) is 36.7. The van der Waals surface area contributed by atoms with Crippen LogP contribution < -0.4 is 0 Å². The molecule has 0 bridgehead atoms. The summed E-state index contributed by atoms with van der Waals surface area (Å²) in [6.07, 6.45) is 18.5. The summed E-state index contributed by atoms with van der Waals surface area (Å²) < 4.78 is 22.5. The number of methoxy groups -OCH3 is 1. The monoisotopic (exact) mass is 562 g/mol. The number of aliphatic hydroxyl groups is 4. The molecule has 1 aliphatic rings. The summed E-state index contributed by atoms with van der Waals surface area (Å²) in [6.45, 7) is 4.25. The Morgan fingerprint density at radius 2 is 0.974 bits per heavy atom. The van der Waals surface area contributed by atoms with Crippen molar-refractivity contribution in [2.45, 2.75) is 172 Å². The first-order chi connectivity index (χ1) is 18.9. The summed E-state index contributed by atoms with van der Waals surface area (Å²) in [4.78, 5) is 0. The zero-order valence-corrected chi connectivity index (χ0v) is 25.4. The molecule has 1 heterocycles. The van der Waals surface area contributed by atoms with Gasteiger partial charge in [-0.25, -0.2) is 0 Å². The van der Waals surface area contributed by atoms with Crippen molar-refractivity contribution in [2.24, 2.45) is 0 Å². The van der Waals surface area contributed by atoms with Gasteiger partial charge < -0.3 is 39.4 Å². The maximum Gasteiger partial charge on any atom is 0.313 e. The van der Waals surface area contributed by atoms with Gasteiger partial charge in [-0.1, -0.05) is 129 Å². The highest BCUT2D eigenvalue weighted by Crippen LogP contribution is 2.38. The molecule has 0 aromatic heterocycles. The largest absolute Gasteiger partial charge is 0.393 e. The molecule has 1 unspecified atom stereocenters. The fraction of sp³-hybridized carbons (Fsp3) is 1.00. The lowest BCUT2D eigenvalue weighted by molar-refractivity contribution is -0.494. The number of hydrogen-bond acceptors (Lipinski definition) is 8. The molecule has 1 aliphatic heterocycles. The average Bonchev–Trinajstić information content (AvgIpc) is 2.94. The van der Waals surface area contributed by atoms with Crippen LogP contribution in [0.5, 0.6) is 0 Å². The fourth-order valence-corrected chi connectivity index (χ4v) is 5.29. The Balaban J connectivity index is 2.37. The topological polar surface area (TPSA) is 118 Å². The van der Waals surface area contributed by atoms with Gasteiger partial charge in [0, 0.05) is 7.11 Å². The quantitative estimate of drug-likeness (QED) is 0.0753. The first-order valence-electron chi connectivity index (χ1n) is 16.1. The molecule has 0 amide bonds. The van der Waals surface area contributed by atoms with Crippen LogP contribution in [0.1, 0.15) is 142 Å². The minimum atomic E-state index is -2.27. The second-order valence-corrected chi connectivity index (χ2v) is 11.3. The van der Waals surface area contributed by atoms with Gasteiger partial charge >= 0.3 is 5.97 Å². The van der Waals surface area contributed by atoms with Gasteiger partial charge in [-0.3, -0.25) is 0 Å². The maximum atomic E-state index is 11.1. The third-order valence-corrected chi connectivity index (χ3v) is 7.94. The highest BCUT2D eigenvalue weighted by atomic mass is 16.9. The predicted octanol–water partition coefficient (Wildman–Crippen LogP) is 5.96. The standard InChI is InChI=1S/C31H62O8/c1-4-6-8-10-12-14-16-18-20-22-24-37-30(35)27(26-32)39-31(36-3,29(34)28(30)33)38-25-23-21-19-17-15-13-11-9-7-5-2/h27-29,32-35H,4-26H2,1-3H3/t27?,28-,29+,30+,31+/m1/s1. The summed E-state index contributed by atoms with van der Waals surface area (Å²) in [6, 6.07) is 0. The lowest BCUT2D eigenvalue weighted by Crippen LogP contribution is -2.73. The Kier molecular flexibility index (Phi) is 21.0. The molecule has 8 heteroatoms. The van der Waals surface area contributed by atoms with Gasteiger partial charge in [0.1, 0.15) is 12.2 Å². The molecule has 0 saturated carbocycles. The van der Waals surface area contributed by atoms with E-state index in [-0.39, 0.29) is 13.2 Å². The minimum absolute atomic E-state index is 0.177. The van der Waals surface area contributed by atoms with Crippen molar-refractivity contribution in [1.29, 1.82) is 0 Å². The van der Waals surface area contributed by atoms with Crippen molar-refractivity contribution in [3.8, 4) is 0 Å². The van der Waals surface area contributed by atoms with E-state index in [0.29, 0.717) is 6.42 Å². The van der Waals surface area contributed by atoms with Gasteiger partial charge in [0.05, 0.1) is 19.8 Å². The second kappa shape index (κ2) is 22.3. The summed E-state index contributed by atoms with van der Waals surface area (Å²) in [7, 11) is 1.30. The molecule has 0 aromatic rings. The molecule has 0 aliphatic carbocycles. The van der Waals surface area contributed by atoms with Crippen molar-refractivity contribution in [3.63, 3.8) is 0 Å². The van der Waals surface area contributed by atoms with Gasteiger partial charge in [0.15, 0.2) is 6.10 Å². The average molecular weight is 563 g/mol. The van der Waals surface area contributed by atoms with E-state index in [4.69, 9.17) is 18.9 Å². The Bertz CT molecular complexity index is 561. The molecule has 234 valence electrons. The number of hydrogen-bond donors (Lipinski definition) is 4. The molecular weight excluding hydrogens is 500 g/mol. The number of unbranched alkanes of at least 4 members (excludes halogenated alkanes) is 18. The smallest absolute Gasteiger partial charge is 0.313 e. The second-order valence-electron chi connectivity index (χ2n) is 11.3. The molecule has 1 saturated heterocycles. The molecule has 0 aromatic carbocycles. The van der Waals surface area contributed by atoms with Gasteiger partial charge in [-0.2, -0.15) is 0 Å². The van der Waals surface area contributed by atoms with E-state index in [1.54, 1.807) is 0 Å². The number of aliphatic hydroxyl groups excluding tert-OH is 3. The lowest BCUT2D eigenvalue weighted by Gasteiger charge is -2.51. The van der Waals surface area contributed by atoms with E-state index in [2.05, 4.69) is 13.8 Å². The van der Waals surface area contributed by atoms with Crippen LogP contribution in [0.25, 0.3) is 0 Å². The molecule has 8 nitrogen and oxygen atoms in total. The summed E-state index contributed by atoms with van der Waals surface area (Å²) in [5, 5.41) is 42.7. The highest BCUT2D eigenvalue weighted by Gasteiger charge is 2.63. The van der Waals surface area contributed by atoms with Crippen molar-refractivity contribution < 1.29 is 39.4 Å². The molecule has 0 spiro atoms. The Morgan fingerprint density at radius 1 is 0.590 bits per heavy atom. The molecule has 0 radical (unpaired) electrons. The van der Waals surface area contributed by atoms with Crippen LogP contribution in [0, 0.1) is 0 Å². The van der Waals surface area contributed by atoms with Crippen molar-refractivity contribution in [2.75, 3.05) is 26.9 Å². The van der Waals surface area contributed by atoms with Crippen LogP contribution in [-0.4, -0.2) is 77.4 Å². The van der Waals surface area contributed by atoms with E-state index in [1.165, 1.54) is 97.0 Å². The first-order valence-corrected chi connectivity index (χ1v) is 16.1. The van der Waals surface area contributed by atoms with Crippen molar-refractivity contribution in [1.82, 2.24) is 0 Å². The number of ether oxygens (including phenoxy) is 4. The Morgan fingerprint density at radius 3 is 1.36 bits per heavy atom. The van der Waals surface area contributed by atoms with Crippen LogP contribution >= 0.6 is 0 Å². The van der Waals surface area contributed by atoms with E-state index in [1.807, 2.05) is 0 Å². The lowest BCUT2D eigenvalue weighted by atomic mass is 9.93. The Hall–Kier alpha value is -0.320. The highest BCUT2D eigenvalue weighted by molar-refractivity contribution is 4.99. The molecule has 4 N–H and O–H groups in total. The predicted molar refractivity (Wildman–Crippen MR) is 154 cm³/mol. The van der Waals surface area contributed by atoms with E-state index < -0.39 is 36.7 Å². The third kappa shape index (κ3) is 13.5. The minimum Gasteiger partial charge on any atom is -0.393 e. The summed E-state index contributed by atoms with van der Waals surface area (Å²) in [5.74, 6) is -4.26. The molecule has 39 heavy (non-hydrogen) atoms. The molecular formula is C31H62O8. The third-order valence-electron chi connectivity index (χ3n) is 7.94. The molecule has 1 fully saturated rings. The van der Waals surface area contributed by atoms with Crippen molar-refractivity contribution >= 4 is 0 Å². The van der Waals surface area contributed by atoms with Crippen LogP contribution in [-0.2, 0) is 18.9 Å².